The van der Waals surface area contributed by atoms with E-state index in [-0.39, 0.29) is 18.0 Å². The maximum Gasteiger partial charge on any atom is 0.296 e. The van der Waals surface area contributed by atoms with Crippen LogP contribution in [0.25, 0.3) is 0 Å². The van der Waals surface area contributed by atoms with Crippen LogP contribution in [0.3, 0.4) is 0 Å². The molecule has 8 nitrogen and oxygen atoms in total. The fraction of sp³-hybridized carbons (Fsp3) is 0.529. The van der Waals surface area contributed by atoms with Crippen LogP contribution < -0.4 is 5.32 Å². The third-order valence-electron chi connectivity index (χ3n) is 4.74. The van der Waals surface area contributed by atoms with E-state index in [1.54, 1.807) is 12.4 Å². The maximum absolute atomic E-state index is 12.2. The lowest BCUT2D eigenvalue weighted by molar-refractivity contribution is -0.116. The second-order valence-corrected chi connectivity index (χ2v) is 6.71. The number of aryl methyl sites for hydroxylation is 1. The molecule has 0 spiro atoms. The minimum Gasteiger partial charge on any atom is -0.339 e. The first-order valence-electron chi connectivity index (χ1n) is 8.56. The van der Waals surface area contributed by atoms with E-state index in [9.17, 15) is 4.79 Å². The van der Waals surface area contributed by atoms with Crippen LogP contribution in [0.4, 0.5) is 0 Å². The predicted octanol–water partition coefficient (Wildman–Crippen LogP) is -0.0333. The van der Waals surface area contributed by atoms with Crippen LogP contribution in [0.5, 0.6) is 0 Å². The fourth-order valence-corrected chi connectivity index (χ4v) is 3.18. The number of carbonyl (C=O) groups is 1. The van der Waals surface area contributed by atoms with Gasteiger partial charge < -0.3 is 5.32 Å². The molecule has 2 fully saturated rings. The molecule has 4 rings (SSSR count). The Morgan fingerprint density at radius 2 is 2.24 bits per heavy atom. The molecule has 1 N–H and O–H groups in total. The van der Waals surface area contributed by atoms with Gasteiger partial charge in [-0.05, 0) is 24.8 Å². The highest BCUT2D eigenvalue weighted by Gasteiger charge is 2.35. The Kier molecular flexibility index (Phi) is 4.24. The van der Waals surface area contributed by atoms with Gasteiger partial charge in [-0.1, -0.05) is 11.1 Å². The summed E-state index contributed by atoms with van der Waals surface area (Å²) < 4.78 is 3.69. The van der Waals surface area contributed by atoms with Crippen LogP contribution in [0.15, 0.2) is 24.7 Å². The molecule has 0 unspecified atom stereocenters. The summed E-state index contributed by atoms with van der Waals surface area (Å²) in [4.78, 5) is 14.5. The molecule has 1 aliphatic heterocycles. The van der Waals surface area contributed by atoms with Crippen molar-refractivity contribution < 1.29 is 4.79 Å². The SMILES string of the molecule is Cn1nccc1CN1C[C@@H](NC(=O)C#CC2CC2)[C@@H](n2ccnn2)C1. The maximum atomic E-state index is 12.2. The van der Waals surface area contributed by atoms with Gasteiger partial charge >= 0.3 is 0 Å². The topological polar surface area (TPSA) is 80.9 Å². The lowest BCUT2D eigenvalue weighted by Gasteiger charge is -2.18. The molecule has 1 aliphatic carbocycles. The number of aromatic nitrogens is 5. The zero-order valence-corrected chi connectivity index (χ0v) is 14.2. The van der Waals surface area contributed by atoms with Gasteiger partial charge in [-0.2, -0.15) is 5.10 Å². The van der Waals surface area contributed by atoms with Crippen LogP contribution >= 0.6 is 0 Å². The third kappa shape index (κ3) is 3.72. The van der Waals surface area contributed by atoms with Gasteiger partial charge in [0.25, 0.3) is 5.91 Å². The van der Waals surface area contributed by atoms with Crippen LogP contribution in [0.1, 0.15) is 24.6 Å². The van der Waals surface area contributed by atoms with E-state index in [4.69, 9.17) is 0 Å². The van der Waals surface area contributed by atoms with Crippen molar-refractivity contribution in [2.75, 3.05) is 13.1 Å². The number of nitrogens with one attached hydrogen (secondary N) is 1. The van der Waals surface area contributed by atoms with E-state index in [1.807, 2.05) is 28.7 Å². The Balaban J connectivity index is 1.46. The van der Waals surface area contributed by atoms with Crippen LogP contribution in [0, 0.1) is 17.8 Å². The van der Waals surface area contributed by atoms with Gasteiger partial charge in [0, 0.05) is 45.0 Å². The molecular formula is C17H21N7O. The molecule has 2 atom stereocenters. The molecule has 3 heterocycles. The summed E-state index contributed by atoms with van der Waals surface area (Å²) >= 11 is 0. The first-order valence-corrected chi connectivity index (χ1v) is 8.56. The Labute approximate surface area is 146 Å². The van der Waals surface area contributed by atoms with Crippen LogP contribution in [-0.2, 0) is 18.4 Å². The quantitative estimate of drug-likeness (QED) is 0.791. The second-order valence-electron chi connectivity index (χ2n) is 6.71. The monoisotopic (exact) mass is 339 g/mol. The lowest BCUT2D eigenvalue weighted by Crippen LogP contribution is -2.41. The fourth-order valence-electron chi connectivity index (χ4n) is 3.18. The second kappa shape index (κ2) is 6.69. The van der Waals surface area contributed by atoms with E-state index >= 15 is 0 Å². The number of likely N-dealkylation sites (tertiary alicyclic amines) is 1. The van der Waals surface area contributed by atoms with Crippen LogP contribution in [-0.4, -0.2) is 54.7 Å². The minimum absolute atomic E-state index is 0.0439. The zero-order chi connectivity index (χ0) is 17.2. The Morgan fingerprint density at radius 1 is 1.36 bits per heavy atom. The Morgan fingerprint density at radius 3 is 2.92 bits per heavy atom. The first kappa shape index (κ1) is 15.8. The van der Waals surface area contributed by atoms with Gasteiger partial charge in [-0.25, -0.2) is 4.68 Å². The van der Waals surface area contributed by atoms with E-state index < -0.39 is 0 Å². The smallest absolute Gasteiger partial charge is 0.296 e. The molecule has 0 aromatic carbocycles. The molecule has 8 heteroatoms. The third-order valence-corrected chi connectivity index (χ3v) is 4.74. The van der Waals surface area contributed by atoms with Gasteiger partial charge in [-0.3, -0.25) is 14.4 Å². The summed E-state index contributed by atoms with van der Waals surface area (Å²) in [6, 6.07) is 2.01. The number of rotatable bonds is 4. The van der Waals surface area contributed by atoms with E-state index in [1.165, 1.54) is 0 Å². The molecular weight excluding hydrogens is 318 g/mol. The van der Waals surface area contributed by atoms with Crippen molar-refractivity contribution in [1.82, 2.24) is 35.0 Å². The van der Waals surface area contributed by atoms with Crippen molar-refractivity contribution in [3.63, 3.8) is 0 Å². The summed E-state index contributed by atoms with van der Waals surface area (Å²) in [6.07, 6.45) is 7.53. The normalized spacial score (nSPS) is 23.2. The predicted molar refractivity (Wildman–Crippen MR) is 90.0 cm³/mol. The molecule has 0 radical (unpaired) electrons. The van der Waals surface area contributed by atoms with Crippen molar-refractivity contribution in [3.05, 3.63) is 30.4 Å². The molecule has 1 saturated heterocycles. The summed E-state index contributed by atoms with van der Waals surface area (Å²) in [5.74, 6) is 5.96. The standard InChI is InChI=1S/C17H21N7O/c1-22-14(6-7-19-22)10-23-11-15(16(12-23)24-9-8-18-21-24)20-17(25)5-4-13-2-3-13/h6-9,13,15-16H,2-3,10-12H2,1H3,(H,20,25)/t15-,16+/m1/s1. The van der Waals surface area contributed by atoms with Gasteiger partial charge in [0.15, 0.2) is 0 Å². The minimum atomic E-state index is -0.204. The van der Waals surface area contributed by atoms with E-state index in [0.717, 1.165) is 38.2 Å². The summed E-state index contributed by atoms with van der Waals surface area (Å²) in [7, 11) is 1.94. The number of amides is 1. The van der Waals surface area contributed by atoms with E-state index in [2.05, 4.69) is 37.5 Å². The Hall–Kier alpha value is -2.66. The molecule has 2 aliphatic rings. The zero-order valence-electron chi connectivity index (χ0n) is 14.2. The molecule has 130 valence electrons. The summed E-state index contributed by atoms with van der Waals surface area (Å²) in [5, 5.41) is 15.3. The molecule has 2 aromatic heterocycles. The molecule has 1 amide bonds. The van der Waals surface area contributed by atoms with Crippen LogP contribution in [0.2, 0.25) is 0 Å². The molecule has 25 heavy (non-hydrogen) atoms. The first-order chi connectivity index (χ1) is 12.2. The number of hydrogen-bond donors (Lipinski definition) is 1. The van der Waals surface area contributed by atoms with Gasteiger partial charge in [-0.15, -0.1) is 5.10 Å². The van der Waals surface area contributed by atoms with Crippen molar-refractivity contribution in [2.45, 2.75) is 31.5 Å². The number of carbonyl (C=O) groups excluding carboxylic acids is 1. The number of hydrogen-bond acceptors (Lipinski definition) is 5. The summed E-state index contributed by atoms with van der Waals surface area (Å²) in [5.41, 5.74) is 1.14. The van der Waals surface area contributed by atoms with E-state index in [0.29, 0.717) is 5.92 Å². The number of nitrogens with zero attached hydrogens (tertiary/aromatic N) is 6. The average molecular weight is 339 g/mol. The highest BCUT2D eigenvalue weighted by Crippen LogP contribution is 2.27. The molecule has 0 bridgehead atoms. The van der Waals surface area contributed by atoms with Gasteiger partial charge in [0.1, 0.15) is 0 Å². The van der Waals surface area contributed by atoms with Crippen molar-refractivity contribution in [1.29, 1.82) is 0 Å². The highest BCUT2D eigenvalue weighted by atomic mass is 16.1. The van der Waals surface area contributed by atoms with Crippen molar-refractivity contribution >= 4 is 5.91 Å². The Bertz CT molecular complexity index is 797. The van der Waals surface area contributed by atoms with Crippen molar-refractivity contribution in [2.24, 2.45) is 13.0 Å². The average Bonchev–Trinajstić information content (AvgIpc) is 2.96. The van der Waals surface area contributed by atoms with Gasteiger partial charge in [0.2, 0.25) is 0 Å². The largest absolute Gasteiger partial charge is 0.339 e. The summed E-state index contributed by atoms with van der Waals surface area (Å²) in [6.45, 7) is 2.31. The lowest BCUT2D eigenvalue weighted by atomic mass is 10.2. The molecule has 2 aromatic rings. The van der Waals surface area contributed by atoms with Gasteiger partial charge in [0.05, 0.1) is 24.0 Å². The highest BCUT2D eigenvalue weighted by molar-refractivity contribution is 5.93. The van der Waals surface area contributed by atoms with Crippen molar-refractivity contribution in [3.8, 4) is 11.8 Å². The molecule has 1 saturated carbocycles.